The summed E-state index contributed by atoms with van der Waals surface area (Å²) in [4.78, 5) is 14.3. The van der Waals surface area contributed by atoms with E-state index in [0.29, 0.717) is 5.92 Å². The van der Waals surface area contributed by atoms with Crippen LogP contribution in [0.4, 0.5) is 0 Å². The van der Waals surface area contributed by atoms with Gasteiger partial charge in [-0.05, 0) is 49.8 Å². The number of amides is 1. The van der Waals surface area contributed by atoms with Gasteiger partial charge in [0, 0.05) is 6.54 Å². The highest BCUT2D eigenvalue weighted by molar-refractivity contribution is 5.81. The Morgan fingerprint density at radius 1 is 1.17 bits per heavy atom. The molecule has 126 valence electrons. The molecule has 0 bridgehead atoms. The van der Waals surface area contributed by atoms with Gasteiger partial charge < -0.3 is 5.73 Å². The van der Waals surface area contributed by atoms with Crippen molar-refractivity contribution in [1.29, 1.82) is 0 Å². The second-order valence-corrected chi connectivity index (χ2v) is 6.91. The molecule has 2 atom stereocenters. The first-order valence-corrected chi connectivity index (χ1v) is 8.77. The molecule has 0 spiro atoms. The van der Waals surface area contributed by atoms with Crippen molar-refractivity contribution in [1.82, 2.24) is 4.90 Å². The Hall–Kier alpha value is -2.13. The van der Waals surface area contributed by atoms with Crippen LogP contribution in [-0.2, 0) is 11.2 Å². The van der Waals surface area contributed by atoms with Crippen molar-refractivity contribution < 1.29 is 4.79 Å². The van der Waals surface area contributed by atoms with E-state index in [9.17, 15) is 4.79 Å². The Labute approximate surface area is 144 Å². The highest BCUT2D eigenvalue weighted by Gasteiger charge is 2.30. The summed E-state index contributed by atoms with van der Waals surface area (Å²) in [5.41, 5.74) is 9.41. The molecule has 1 aliphatic heterocycles. The van der Waals surface area contributed by atoms with Gasteiger partial charge in [0.1, 0.15) is 6.04 Å². The Bertz CT molecular complexity index is 666. The van der Waals surface area contributed by atoms with Crippen LogP contribution in [0, 0.1) is 12.8 Å². The van der Waals surface area contributed by atoms with E-state index in [0.717, 1.165) is 31.5 Å². The molecule has 24 heavy (non-hydrogen) atoms. The molecule has 2 aromatic rings. The summed E-state index contributed by atoms with van der Waals surface area (Å²) in [6, 6.07) is 18.4. The predicted octanol–water partition coefficient (Wildman–Crippen LogP) is 3.48. The van der Waals surface area contributed by atoms with Crippen LogP contribution in [0.1, 0.15) is 35.6 Å². The molecule has 3 heteroatoms. The van der Waals surface area contributed by atoms with Crippen molar-refractivity contribution >= 4 is 5.91 Å². The fourth-order valence-electron chi connectivity index (χ4n) is 3.75. The quantitative estimate of drug-likeness (QED) is 0.916. The third kappa shape index (κ3) is 4.04. The number of piperidine rings is 1. The summed E-state index contributed by atoms with van der Waals surface area (Å²) >= 11 is 0. The van der Waals surface area contributed by atoms with E-state index in [1.54, 1.807) is 0 Å². The molecule has 0 aromatic heterocycles. The van der Waals surface area contributed by atoms with Crippen LogP contribution in [0.3, 0.4) is 0 Å². The number of carbonyl (C=O) groups is 1. The minimum absolute atomic E-state index is 0.253. The van der Waals surface area contributed by atoms with E-state index >= 15 is 0 Å². The van der Waals surface area contributed by atoms with E-state index < -0.39 is 0 Å². The Balaban J connectivity index is 1.71. The number of carbonyl (C=O) groups excluding carboxylic acids is 1. The molecule has 0 radical (unpaired) electrons. The number of aryl methyl sites for hydroxylation is 1. The minimum Gasteiger partial charge on any atom is -0.368 e. The molecule has 0 unspecified atom stereocenters. The summed E-state index contributed by atoms with van der Waals surface area (Å²) in [7, 11) is 0. The maximum absolute atomic E-state index is 12.1. The van der Waals surface area contributed by atoms with Crippen molar-refractivity contribution in [3.05, 3.63) is 71.3 Å². The van der Waals surface area contributed by atoms with Crippen LogP contribution in [0.15, 0.2) is 54.6 Å². The van der Waals surface area contributed by atoms with Crippen molar-refractivity contribution in [2.24, 2.45) is 11.7 Å². The summed E-state index contributed by atoms with van der Waals surface area (Å²) in [6.45, 7) is 3.98. The van der Waals surface area contributed by atoms with Crippen molar-refractivity contribution in [2.75, 3.05) is 13.1 Å². The molecular formula is C21H26N2O. The van der Waals surface area contributed by atoms with Gasteiger partial charge in [0.05, 0.1) is 0 Å². The number of rotatable bonds is 5. The molecule has 1 saturated heterocycles. The number of nitrogens with zero attached hydrogens (tertiary/aromatic N) is 1. The number of hydrogen-bond acceptors (Lipinski definition) is 2. The monoisotopic (exact) mass is 322 g/mol. The average molecular weight is 322 g/mol. The summed E-state index contributed by atoms with van der Waals surface area (Å²) in [5, 5.41) is 0. The first-order valence-electron chi connectivity index (χ1n) is 8.77. The fraction of sp³-hybridized carbons (Fsp3) is 0.381. The zero-order valence-corrected chi connectivity index (χ0v) is 14.3. The number of likely N-dealkylation sites (tertiary alicyclic amines) is 1. The Morgan fingerprint density at radius 3 is 2.54 bits per heavy atom. The Kier molecular flexibility index (Phi) is 5.31. The summed E-state index contributed by atoms with van der Waals surface area (Å²) in [6.07, 6.45) is 3.40. The molecule has 2 N–H and O–H groups in total. The van der Waals surface area contributed by atoms with Gasteiger partial charge in [-0.15, -0.1) is 0 Å². The van der Waals surface area contributed by atoms with Crippen molar-refractivity contribution in [2.45, 2.75) is 32.2 Å². The molecule has 1 amide bonds. The number of benzene rings is 2. The zero-order valence-electron chi connectivity index (χ0n) is 14.3. The molecule has 1 aliphatic rings. The van der Waals surface area contributed by atoms with E-state index in [-0.39, 0.29) is 11.9 Å². The third-order valence-corrected chi connectivity index (χ3v) is 4.95. The maximum Gasteiger partial charge on any atom is 0.239 e. The van der Waals surface area contributed by atoms with Crippen molar-refractivity contribution in [3.63, 3.8) is 0 Å². The van der Waals surface area contributed by atoms with Crippen LogP contribution in [0.2, 0.25) is 0 Å². The molecule has 0 aliphatic carbocycles. The van der Waals surface area contributed by atoms with E-state index in [1.807, 2.05) is 30.3 Å². The van der Waals surface area contributed by atoms with Gasteiger partial charge in [0.25, 0.3) is 0 Å². The highest BCUT2D eigenvalue weighted by Crippen LogP contribution is 2.28. The van der Waals surface area contributed by atoms with Gasteiger partial charge >= 0.3 is 0 Å². The van der Waals surface area contributed by atoms with Gasteiger partial charge in [0.2, 0.25) is 5.91 Å². The van der Waals surface area contributed by atoms with Crippen LogP contribution in [-0.4, -0.2) is 23.9 Å². The Morgan fingerprint density at radius 2 is 1.88 bits per heavy atom. The lowest BCUT2D eigenvalue weighted by Gasteiger charge is -2.37. The normalized spacial score (nSPS) is 19.8. The number of nitrogens with two attached hydrogens (primary N) is 1. The van der Waals surface area contributed by atoms with Crippen LogP contribution in [0.25, 0.3) is 0 Å². The van der Waals surface area contributed by atoms with E-state index in [1.165, 1.54) is 17.5 Å². The third-order valence-electron chi connectivity index (χ3n) is 4.95. The topological polar surface area (TPSA) is 46.3 Å². The average Bonchev–Trinajstić information content (AvgIpc) is 2.58. The molecule has 3 rings (SSSR count). The number of hydrogen-bond donors (Lipinski definition) is 1. The predicted molar refractivity (Wildman–Crippen MR) is 97.6 cm³/mol. The molecular weight excluding hydrogens is 296 g/mol. The first kappa shape index (κ1) is 16.7. The SMILES string of the molecule is Cc1ccc(C[C@H]2CCCN([C@H](C(N)=O)c3ccccc3)C2)cc1. The lowest BCUT2D eigenvalue weighted by atomic mass is 9.89. The maximum atomic E-state index is 12.1. The summed E-state index contributed by atoms with van der Waals surface area (Å²) < 4.78 is 0. The number of primary amides is 1. The highest BCUT2D eigenvalue weighted by atomic mass is 16.1. The first-order chi connectivity index (χ1) is 11.6. The van der Waals surface area contributed by atoms with Crippen LogP contribution >= 0.6 is 0 Å². The second kappa shape index (κ2) is 7.63. The lowest BCUT2D eigenvalue weighted by molar-refractivity contribution is -0.124. The molecule has 3 nitrogen and oxygen atoms in total. The molecule has 1 fully saturated rings. The largest absolute Gasteiger partial charge is 0.368 e. The zero-order chi connectivity index (χ0) is 16.9. The van der Waals surface area contributed by atoms with Crippen LogP contribution < -0.4 is 5.73 Å². The van der Waals surface area contributed by atoms with Gasteiger partial charge in [-0.25, -0.2) is 0 Å². The summed E-state index contributed by atoms with van der Waals surface area (Å²) in [5.74, 6) is 0.323. The molecule has 0 saturated carbocycles. The van der Waals surface area contributed by atoms with E-state index in [2.05, 4.69) is 36.1 Å². The van der Waals surface area contributed by atoms with Gasteiger partial charge in [-0.2, -0.15) is 0 Å². The standard InChI is InChI=1S/C21H26N2O/c1-16-9-11-17(12-10-16)14-18-6-5-13-23(15-18)20(21(22)24)19-7-3-2-4-8-19/h2-4,7-12,18,20H,5-6,13-15H2,1H3,(H2,22,24)/t18-,20+/m1/s1. The fourth-order valence-corrected chi connectivity index (χ4v) is 3.75. The van der Waals surface area contributed by atoms with Gasteiger partial charge in [0.15, 0.2) is 0 Å². The van der Waals surface area contributed by atoms with E-state index in [4.69, 9.17) is 5.73 Å². The van der Waals surface area contributed by atoms with Crippen molar-refractivity contribution in [3.8, 4) is 0 Å². The smallest absolute Gasteiger partial charge is 0.239 e. The molecule has 2 aromatic carbocycles. The molecule has 1 heterocycles. The second-order valence-electron chi connectivity index (χ2n) is 6.91. The van der Waals surface area contributed by atoms with Crippen LogP contribution in [0.5, 0.6) is 0 Å². The van der Waals surface area contributed by atoms with Gasteiger partial charge in [-0.3, -0.25) is 9.69 Å². The van der Waals surface area contributed by atoms with Gasteiger partial charge in [-0.1, -0.05) is 60.2 Å². The lowest BCUT2D eigenvalue weighted by Crippen LogP contribution is -2.44. The minimum atomic E-state index is -0.313.